The lowest BCUT2D eigenvalue weighted by Gasteiger charge is -2.06. The Morgan fingerprint density at radius 3 is 2.65 bits per heavy atom. The van der Waals surface area contributed by atoms with Crippen LogP contribution in [0.15, 0.2) is 47.4 Å². The van der Waals surface area contributed by atoms with Crippen LogP contribution in [0.25, 0.3) is 0 Å². The second-order valence-electron chi connectivity index (χ2n) is 3.56. The van der Waals surface area contributed by atoms with E-state index >= 15 is 0 Å². The molecule has 2 N–H and O–H groups in total. The van der Waals surface area contributed by atoms with Crippen molar-refractivity contribution in [3.05, 3.63) is 58.9 Å². The lowest BCUT2D eigenvalue weighted by Crippen LogP contribution is -1.89. The van der Waals surface area contributed by atoms with Gasteiger partial charge in [-0.3, -0.25) is 0 Å². The molecule has 0 amide bonds. The van der Waals surface area contributed by atoms with Gasteiger partial charge in [-0.05, 0) is 29.8 Å². The molecule has 0 bridgehead atoms. The molecule has 0 aliphatic carbocycles. The van der Waals surface area contributed by atoms with Crippen LogP contribution in [0, 0.1) is 5.82 Å². The number of halogens is 2. The van der Waals surface area contributed by atoms with Crippen molar-refractivity contribution in [3.8, 4) is 0 Å². The predicted molar refractivity (Wildman–Crippen MR) is 71.8 cm³/mol. The zero-order valence-corrected chi connectivity index (χ0v) is 10.6. The van der Waals surface area contributed by atoms with Gasteiger partial charge < -0.3 is 5.73 Å². The first-order valence-corrected chi connectivity index (χ1v) is 6.44. The summed E-state index contributed by atoms with van der Waals surface area (Å²) >= 11 is 7.54. The number of nitrogen functional groups attached to an aromatic ring is 1. The second kappa shape index (κ2) is 5.43. The van der Waals surface area contributed by atoms with E-state index in [2.05, 4.69) is 0 Å². The van der Waals surface area contributed by atoms with Crippen LogP contribution >= 0.6 is 23.4 Å². The van der Waals surface area contributed by atoms with E-state index in [1.807, 2.05) is 24.3 Å². The van der Waals surface area contributed by atoms with Crippen molar-refractivity contribution >= 4 is 29.1 Å². The van der Waals surface area contributed by atoms with Gasteiger partial charge in [-0.1, -0.05) is 29.8 Å². The highest BCUT2D eigenvalue weighted by atomic mass is 35.5. The average molecular weight is 268 g/mol. The standard InChI is InChI=1S/C13H11ClFNS/c14-11-7-10(15)6-5-9(11)8-17-13-4-2-1-3-12(13)16/h1-7H,8,16H2. The summed E-state index contributed by atoms with van der Waals surface area (Å²) in [7, 11) is 0. The minimum atomic E-state index is -0.317. The zero-order valence-electron chi connectivity index (χ0n) is 8.99. The van der Waals surface area contributed by atoms with Crippen molar-refractivity contribution in [2.24, 2.45) is 0 Å². The van der Waals surface area contributed by atoms with Crippen molar-refractivity contribution < 1.29 is 4.39 Å². The molecule has 1 nitrogen and oxygen atoms in total. The number of para-hydroxylation sites is 1. The van der Waals surface area contributed by atoms with Crippen LogP contribution in [0.1, 0.15) is 5.56 Å². The Morgan fingerprint density at radius 2 is 1.94 bits per heavy atom. The number of hydrogen-bond acceptors (Lipinski definition) is 2. The van der Waals surface area contributed by atoms with Gasteiger partial charge in [0.2, 0.25) is 0 Å². The van der Waals surface area contributed by atoms with Crippen molar-refractivity contribution in [1.29, 1.82) is 0 Å². The molecular weight excluding hydrogens is 257 g/mol. The molecule has 0 spiro atoms. The molecule has 17 heavy (non-hydrogen) atoms. The molecule has 4 heteroatoms. The molecule has 88 valence electrons. The van der Waals surface area contributed by atoms with Gasteiger partial charge in [0.15, 0.2) is 0 Å². The molecule has 0 heterocycles. The Labute approximate surface area is 109 Å². The largest absolute Gasteiger partial charge is 0.398 e. The van der Waals surface area contributed by atoms with E-state index < -0.39 is 0 Å². The topological polar surface area (TPSA) is 26.0 Å². The van der Waals surface area contributed by atoms with E-state index in [0.717, 1.165) is 16.1 Å². The molecule has 0 saturated heterocycles. The fourth-order valence-corrected chi connectivity index (χ4v) is 2.69. The van der Waals surface area contributed by atoms with E-state index in [1.165, 1.54) is 12.1 Å². The van der Waals surface area contributed by atoms with Crippen LogP contribution in [0.4, 0.5) is 10.1 Å². The Kier molecular flexibility index (Phi) is 3.92. The zero-order chi connectivity index (χ0) is 12.3. The summed E-state index contributed by atoms with van der Waals surface area (Å²) in [5.41, 5.74) is 7.48. The molecule has 0 aromatic heterocycles. The van der Waals surface area contributed by atoms with Gasteiger partial charge in [0.1, 0.15) is 5.82 Å². The third-order valence-corrected chi connectivity index (χ3v) is 3.81. The highest BCUT2D eigenvalue weighted by molar-refractivity contribution is 7.98. The minimum absolute atomic E-state index is 0.317. The smallest absolute Gasteiger partial charge is 0.124 e. The van der Waals surface area contributed by atoms with Crippen LogP contribution in [0.2, 0.25) is 5.02 Å². The van der Waals surface area contributed by atoms with E-state index in [9.17, 15) is 4.39 Å². The third-order valence-electron chi connectivity index (χ3n) is 2.32. The van der Waals surface area contributed by atoms with Gasteiger partial charge in [-0.25, -0.2) is 4.39 Å². The normalized spacial score (nSPS) is 10.5. The summed E-state index contributed by atoms with van der Waals surface area (Å²) in [6, 6.07) is 12.1. The first kappa shape index (κ1) is 12.3. The monoisotopic (exact) mass is 267 g/mol. The lowest BCUT2D eigenvalue weighted by molar-refractivity contribution is 0.627. The van der Waals surface area contributed by atoms with E-state index in [4.69, 9.17) is 17.3 Å². The van der Waals surface area contributed by atoms with Gasteiger partial charge in [0, 0.05) is 21.4 Å². The predicted octanol–water partition coefficient (Wildman–Crippen LogP) is 4.35. The Balaban J connectivity index is 2.10. The summed E-state index contributed by atoms with van der Waals surface area (Å²) < 4.78 is 12.9. The first-order valence-electron chi connectivity index (χ1n) is 5.08. The van der Waals surface area contributed by atoms with Crippen molar-refractivity contribution in [1.82, 2.24) is 0 Å². The van der Waals surface area contributed by atoms with Crippen molar-refractivity contribution in [2.45, 2.75) is 10.6 Å². The number of rotatable bonds is 3. The highest BCUT2D eigenvalue weighted by Crippen LogP contribution is 2.30. The Hall–Kier alpha value is -1.19. The Morgan fingerprint density at radius 1 is 1.18 bits per heavy atom. The number of nitrogens with two attached hydrogens (primary N) is 1. The molecular formula is C13H11ClFNS. The Bertz CT molecular complexity index is 531. The maximum Gasteiger partial charge on any atom is 0.124 e. The van der Waals surface area contributed by atoms with E-state index in [0.29, 0.717) is 10.8 Å². The molecule has 0 radical (unpaired) electrons. The van der Waals surface area contributed by atoms with Crippen LogP contribution in [-0.2, 0) is 5.75 Å². The average Bonchev–Trinajstić information content (AvgIpc) is 2.30. The maximum absolute atomic E-state index is 12.9. The third kappa shape index (κ3) is 3.14. The molecule has 0 atom stereocenters. The molecule has 0 saturated carbocycles. The highest BCUT2D eigenvalue weighted by Gasteiger charge is 2.04. The van der Waals surface area contributed by atoms with Gasteiger partial charge in [0.25, 0.3) is 0 Å². The van der Waals surface area contributed by atoms with Gasteiger partial charge in [-0.2, -0.15) is 0 Å². The summed E-state index contributed by atoms with van der Waals surface area (Å²) in [4.78, 5) is 1.01. The van der Waals surface area contributed by atoms with Gasteiger partial charge >= 0.3 is 0 Å². The van der Waals surface area contributed by atoms with E-state index in [-0.39, 0.29) is 5.82 Å². The number of thioether (sulfide) groups is 1. The molecule has 2 aromatic rings. The molecule has 0 aliphatic rings. The second-order valence-corrected chi connectivity index (χ2v) is 4.99. The SMILES string of the molecule is Nc1ccccc1SCc1ccc(F)cc1Cl. The number of anilines is 1. The van der Waals surface area contributed by atoms with Crippen molar-refractivity contribution in [3.63, 3.8) is 0 Å². The summed E-state index contributed by atoms with van der Waals surface area (Å²) in [6.07, 6.45) is 0. The molecule has 2 rings (SSSR count). The summed E-state index contributed by atoms with van der Waals surface area (Å²) in [5, 5.41) is 0.451. The number of benzene rings is 2. The molecule has 0 unspecified atom stereocenters. The molecule has 2 aromatic carbocycles. The fourth-order valence-electron chi connectivity index (χ4n) is 1.41. The van der Waals surface area contributed by atoms with Crippen LogP contribution in [0.5, 0.6) is 0 Å². The molecule has 0 aliphatic heterocycles. The van der Waals surface area contributed by atoms with Crippen molar-refractivity contribution in [2.75, 3.05) is 5.73 Å². The summed E-state index contributed by atoms with van der Waals surface area (Å²) in [6.45, 7) is 0. The number of hydrogen-bond donors (Lipinski definition) is 1. The van der Waals surface area contributed by atoms with Crippen LogP contribution < -0.4 is 5.73 Å². The first-order chi connectivity index (χ1) is 8.16. The van der Waals surface area contributed by atoms with Crippen LogP contribution in [-0.4, -0.2) is 0 Å². The van der Waals surface area contributed by atoms with Gasteiger partial charge in [0.05, 0.1) is 0 Å². The molecule has 0 fully saturated rings. The fraction of sp³-hybridized carbons (Fsp3) is 0.0769. The quantitative estimate of drug-likeness (QED) is 0.661. The minimum Gasteiger partial charge on any atom is -0.398 e. The lowest BCUT2D eigenvalue weighted by atomic mass is 10.2. The van der Waals surface area contributed by atoms with E-state index in [1.54, 1.807) is 17.8 Å². The van der Waals surface area contributed by atoms with Gasteiger partial charge in [-0.15, -0.1) is 11.8 Å². The maximum atomic E-state index is 12.9. The summed E-state index contributed by atoms with van der Waals surface area (Å²) in [5.74, 6) is 0.357. The van der Waals surface area contributed by atoms with Crippen LogP contribution in [0.3, 0.4) is 0 Å².